The third-order valence-electron chi connectivity index (χ3n) is 4.74. The second-order valence-corrected chi connectivity index (χ2v) is 9.59. The maximum absolute atomic E-state index is 12.4. The lowest BCUT2D eigenvalue weighted by Gasteiger charge is -2.38. The van der Waals surface area contributed by atoms with Gasteiger partial charge in [0.1, 0.15) is 11.1 Å². The molecule has 2 aromatic rings. The number of nitrogens with two attached hydrogens (primary N) is 1. The molecule has 0 saturated carbocycles. The number of aliphatic hydroxyl groups excluding tert-OH is 1. The first-order valence-corrected chi connectivity index (χ1v) is 11.0. The summed E-state index contributed by atoms with van der Waals surface area (Å²) in [6.45, 7) is 8.66. The van der Waals surface area contributed by atoms with Crippen LogP contribution in [-0.4, -0.2) is 58.2 Å². The van der Waals surface area contributed by atoms with Crippen molar-refractivity contribution in [2.45, 2.75) is 64.7 Å². The highest BCUT2D eigenvalue weighted by molar-refractivity contribution is 7.51. The van der Waals surface area contributed by atoms with E-state index in [0.717, 1.165) is 0 Å². The average molecular weight is 429 g/mol. The summed E-state index contributed by atoms with van der Waals surface area (Å²) in [6, 6.07) is 0. The molecule has 2 aromatic heterocycles. The molecule has 2 heterocycles. The van der Waals surface area contributed by atoms with Gasteiger partial charge in [0, 0.05) is 0 Å². The Morgan fingerprint density at radius 1 is 1.28 bits per heavy atom. The predicted octanol–water partition coefficient (Wildman–Crippen LogP) is 1.42. The molecule has 5 N–H and O–H groups in total. The number of esters is 1. The molecule has 1 atom stereocenters. The second-order valence-electron chi connectivity index (χ2n) is 7.89. The average Bonchev–Trinajstić information content (AvgIpc) is 2.98. The van der Waals surface area contributed by atoms with E-state index in [1.807, 2.05) is 0 Å². The number of ether oxygens (including phenoxy) is 1. The Balaban J connectivity index is 2.64. The van der Waals surface area contributed by atoms with Crippen LogP contribution in [0.15, 0.2) is 6.33 Å². The van der Waals surface area contributed by atoms with Gasteiger partial charge in [0.2, 0.25) is 5.82 Å². The van der Waals surface area contributed by atoms with Crippen LogP contribution in [0.1, 0.15) is 58.1 Å². The van der Waals surface area contributed by atoms with Gasteiger partial charge in [0.15, 0.2) is 11.5 Å². The summed E-state index contributed by atoms with van der Waals surface area (Å²) in [5, 5.41) is 10.7. The number of nitrogens with zero attached hydrogens (tertiary/aromatic N) is 4. The van der Waals surface area contributed by atoms with Crippen LogP contribution in [-0.2, 0) is 14.8 Å². The van der Waals surface area contributed by atoms with Crippen LogP contribution < -0.4 is 5.73 Å². The Morgan fingerprint density at radius 3 is 2.34 bits per heavy atom. The first-order valence-electron chi connectivity index (χ1n) is 9.21. The Hall–Kier alpha value is -2.07. The van der Waals surface area contributed by atoms with Crippen molar-refractivity contribution in [1.29, 1.82) is 0 Å². The minimum absolute atomic E-state index is 0.0415. The van der Waals surface area contributed by atoms with Gasteiger partial charge in [-0.3, -0.25) is 4.57 Å². The van der Waals surface area contributed by atoms with E-state index < -0.39 is 37.0 Å². The van der Waals surface area contributed by atoms with Gasteiger partial charge in [-0.15, -0.1) is 0 Å². The molecule has 11 nitrogen and oxygen atoms in total. The predicted molar refractivity (Wildman–Crippen MR) is 106 cm³/mol. The van der Waals surface area contributed by atoms with Gasteiger partial charge in [-0.2, -0.15) is 0 Å². The van der Waals surface area contributed by atoms with Gasteiger partial charge < -0.3 is 29.9 Å². The van der Waals surface area contributed by atoms with Crippen LogP contribution in [0.5, 0.6) is 0 Å². The normalized spacial score (nSPS) is 14.2. The first kappa shape index (κ1) is 23.2. The molecule has 0 aliphatic carbocycles. The SMILES string of the molecule is CCC(CC)([C@H](O)CP(=O)(O)O)n1cnc2c(N)nc(C(=O)OC(C)(C)C)nc21. The molecule has 0 aliphatic rings. The highest BCUT2D eigenvalue weighted by atomic mass is 31.2. The van der Waals surface area contributed by atoms with Crippen molar-refractivity contribution in [3.63, 3.8) is 0 Å². The number of aliphatic hydroxyl groups is 1. The summed E-state index contributed by atoms with van der Waals surface area (Å²) >= 11 is 0. The molecule has 0 radical (unpaired) electrons. The molecule has 12 heteroatoms. The van der Waals surface area contributed by atoms with Crippen molar-refractivity contribution >= 4 is 30.5 Å². The lowest BCUT2D eigenvalue weighted by atomic mass is 9.87. The monoisotopic (exact) mass is 429 g/mol. The van der Waals surface area contributed by atoms with E-state index in [0.29, 0.717) is 12.8 Å². The van der Waals surface area contributed by atoms with Crippen molar-refractivity contribution in [2.24, 2.45) is 0 Å². The highest BCUT2D eigenvalue weighted by Gasteiger charge is 2.41. The van der Waals surface area contributed by atoms with E-state index in [9.17, 15) is 24.3 Å². The lowest BCUT2D eigenvalue weighted by molar-refractivity contribution is 0.00558. The Morgan fingerprint density at radius 2 is 1.86 bits per heavy atom. The molecule has 2 rings (SSSR count). The van der Waals surface area contributed by atoms with E-state index >= 15 is 0 Å². The Kier molecular flexibility index (Phi) is 6.39. The number of carbonyl (C=O) groups excluding carboxylic acids is 1. The van der Waals surface area contributed by atoms with Gasteiger partial charge in [-0.05, 0) is 33.6 Å². The quantitative estimate of drug-likeness (QED) is 0.372. The van der Waals surface area contributed by atoms with E-state index in [1.54, 1.807) is 34.6 Å². The summed E-state index contributed by atoms with van der Waals surface area (Å²) in [6.07, 6.45) is -0.0982. The molecule has 0 aromatic carbocycles. The molecule has 0 unspecified atom stereocenters. The summed E-state index contributed by atoms with van der Waals surface area (Å²) in [4.78, 5) is 43.5. The molecule has 29 heavy (non-hydrogen) atoms. The smallest absolute Gasteiger partial charge is 0.377 e. The highest BCUT2D eigenvalue weighted by Crippen LogP contribution is 2.42. The third kappa shape index (κ3) is 4.92. The number of aromatic nitrogens is 4. The zero-order valence-corrected chi connectivity index (χ0v) is 18.1. The zero-order valence-electron chi connectivity index (χ0n) is 17.2. The van der Waals surface area contributed by atoms with Crippen LogP contribution in [0.3, 0.4) is 0 Å². The molecule has 0 amide bonds. The Bertz CT molecular complexity index is 944. The van der Waals surface area contributed by atoms with E-state index in [4.69, 9.17) is 10.5 Å². The number of fused-ring (bicyclic) bond motifs is 1. The van der Waals surface area contributed by atoms with Crippen molar-refractivity contribution in [2.75, 3.05) is 11.9 Å². The topological polar surface area (TPSA) is 174 Å². The molecule has 0 saturated heterocycles. The van der Waals surface area contributed by atoms with E-state index in [-0.39, 0.29) is 22.8 Å². The lowest BCUT2D eigenvalue weighted by Crippen LogP contribution is -2.46. The fourth-order valence-electron chi connectivity index (χ4n) is 3.28. The minimum atomic E-state index is -4.48. The van der Waals surface area contributed by atoms with Crippen LogP contribution >= 0.6 is 7.60 Å². The fraction of sp³-hybridized carbons (Fsp3) is 0.647. The van der Waals surface area contributed by atoms with Gasteiger partial charge in [-0.25, -0.2) is 19.7 Å². The molecule has 162 valence electrons. The van der Waals surface area contributed by atoms with Gasteiger partial charge in [0.05, 0.1) is 24.1 Å². The number of rotatable bonds is 7. The van der Waals surface area contributed by atoms with Crippen LogP contribution in [0.2, 0.25) is 0 Å². The standard InChI is InChI=1S/C17H28N5O6P/c1-6-17(7-2,10(23)8-29(25,26)27)22-9-19-11-12(18)20-13(21-14(11)22)15(24)28-16(3,4)5/h9-10,23H,6-8H2,1-5H3,(H2,18,20,21)(H2,25,26,27)/t10-/m1/s1. The summed E-state index contributed by atoms with van der Waals surface area (Å²) in [7, 11) is -4.48. The number of hydrogen-bond acceptors (Lipinski definition) is 8. The number of carbonyl (C=O) groups is 1. The van der Waals surface area contributed by atoms with Gasteiger partial charge in [-0.1, -0.05) is 13.8 Å². The summed E-state index contributed by atoms with van der Waals surface area (Å²) in [5.41, 5.74) is 4.46. The second kappa shape index (κ2) is 7.98. The maximum Gasteiger partial charge on any atom is 0.377 e. The number of imidazole rings is 1. The number of anilines is 1. The van der Waals surface area contributed by atoms with Crippen LogP contribution in [0.25, 0.3) is 11.2 Å². The Labute approximate surface area is 168 Å². The molecular weight excluding hydrogens is 401 g/mol. The van der Waals surface area contributed by atoms with Crippen molar-refractivity contribution < 1.29 is 29.0 Å². The number of hydrogen-bond donors (Lipinski definition) is 4. The fourth-order valence-corrected chi connectivity index (χ4v) is 4.07. The minimum Gasteiger partial charge on any atom is -0.454 e. The summed E-state index contributed by atoms with van der Waals surface area (Å²) in [5.74, 6) is -1.08. The van der Waals surface area contributed by atoms with Crippen LogP contribution in [0.4, 0.5) is 5.82 Å². The van der Waals surface area contributed by atoms with E-state index in [1.165, 1.54) is 10.9 Å². The van der Waals surface area contributed by atoms with Crippen LogP contribution in [0, 0.1) is 0 Å². The van der Waals surface area contributed by atoms with Crippen molar-refractivity contribution in [3.05, 3.63) is 12.2 Å². The molecule has 0 aliphatic heterocycles. The molecule has 0 fully saturated rings. The third-order valence-corrected chi connectivity index (χ3v) is 5.56. The van der Waals surface area contributed by atoms with Gasteiger partial charge >= 0.3 is 13.6 Å². The van der Waals surface area contributed by atoms with Crippen molar-refractivity contribution in [3.8, 4) is 0 Å². The first-order chi connectivity index (χ1) is 13.2. The number of nitrogen functional groups attached to an aromatic ring is 1. The summed E-state index contributed by atoms with van der Waals surface area (Å²) < 4.78 is 18.3. The molecular formula is C17H28N5O6P. The van der Waals surface area contributed by atoms with Gasteiger partial charge in [0.25, 0.3) is 0 Å². The van der Waals surface area contributed by atoms with Crippen molar-refractivity contribution in [1.82, 2.24) is 19.5 Å². The zero-order chi connectivity index (χ0) is 22.2. The van der Waals surface area contributed by atoms with E-state index in [2.05, 4.69) is 15.0 Å². The molecule has 0 spiro atoms. The largest absolute Gasteiger partial charge is 0.454 e. The maximum atomic E-state index is 12.4. The molecule has 0 bridgehead atoms.